The van der Waals surface area contributed by atoms with Crippen molar-refractivity contribution in [3.05, 3.63) is 36.4 Å². The molecule has 2 aliphatic rings. The van der Waals surface area contributed by atoms with Crippen LogP contribution < -0.4 is 44.3 Å². The molecule has 0 saturated heterocycles. The molecule has 2 aromatic carbocycles. The second kappa shape index (κ2) is 12.6. The van der Waals surface area contributed by atoms with Crippen LogP contribution in [0.3, 0.4) is 0 Å². The van der Waals surface area contributed by atoms with Gasteiger partial charge in [0.1, 0.15) is 26.5 Å². The van der Waals surface area contributed by atoms with E-state index in [1.165, 1.54) is 45.6 Å². The summed E-state index contributed by atoms with van der Waals surface area (Å²) >= 11 is 0. The van der Waals surface area contributed by atoms with E-state index >= 15 is 0 Å². The molecule has 0 spiro atoms. The molecule has 4 rings (SSSR count). The standard InChI is InChI=1S/C26H35O5PS.Na/c1-30-22-18-23(32(20-14-8-4-9-15-20)21-16-10-5-11-17-21)26(33(27,28)29)25(31-2)24(22)19-12-6-3-7-13-19;/h3,6-7,12-13,18,20-21H,4-5,8-11,14-17H2,1-2H3,(H,27,28,29);/q;+1/p-1. The molecular weight excluding hydrogens is 478 g/mol. The van der Waals surface area contributed by atoms with Crippen molar-refractivity contribution in [2.24, 2.45) is 0 Å². The molecule has 0 heterocycles. The molecule has 2 aromatic rings. The van der Waals surface area contributed by atoms with Gasteiger partial charge in [-0.05, 0) is 48.6 Å². The van der Waals surface area contributed by atoms with Gasteiger partial charge in [-0.3, -0.25) is 0 Å². The fraction of sp³-hybridized carbons (Fsp3) is 0.538. The van der Waals surface area contributed by atoms with Crippen LogP contribution in [-0.4, -0.2) is 38.5 Å². The molecule has 0 aromatic heterocycles. The quantitative estimate of drug-likeness (QED) is 0.324. The smallest absolute Gasteiger partial charge is 0.744 e. The number of methoxy groups -OCH3 is 2. The van der Waals surface area contributed by atoms with E-state index in [-0.39, 0.29) is 40.2 Å². The summed E-state index contributed by atoms with van der Waals surface area (Å²) in [6.07, 6.45) is 11.6. The summed E-state index contributed by atoms with van der Waals surface area (Å²) in [5, 5.41) is 0.673. The molecule has 34 heavy (non-hydrogen) atoms. The van der Waals surface area contributed by atoms with E-state index in [1.54, 1.807) is 7.11 Å². The second-order valence-electron chi connectivity index (χ2n) is 9.15. The van der Waals surface area contributed by atoms with Crippen molar-refractivity contribution in [1.29, 1.82) is 0 Å². The van der Waals surface area contributed by atoms with Crippen molar-refractivity contribution in [2.45, 2.75) is 80.4 Å². The van der Waals surface area contributed by atoms with Gasteiger partial charge in [0.05, 0.1) is 19.8 Å². The summed E-state index contributed by atoms with van der Waals surface area (Å²) in [7, 11) is -2.57. The van der Waals surface area contributed by atoms with E-state index in [0.29, 0.717) is 27.9 Å². The third-order valence-electron chi connectivity index (χ3n) is 7.13. The Kier molecular flexibility index (Phi) is 10.3. The molecule has 2 fully saturated rings. The minimum absolute atomic E-state index is 0. The van der Waals surface area contributed by atoms with Crippen LogP contribution in [0.2, 0.25) is 0 Å². The Hall–Kier alpha value is -0.620. The van der Waals surface area contributed by atoms with Crippen LogP contribution in [-0.2, 0) is 10.1 Å². The zero-order valence-corrected chi connectivity index (χ0v) is 24.3. The average molecular weight is 513 g/mol. The van der Waals surface area contributed by atoms with Crippen LogP contribution in [0.5, 0.6) is 11.5 Å². The number of rotatable bonds is 7. The fourth-order valence-electron chi connectivity index (χ4n) is 5.68. The monoisotopic (exact) mass is 512 g/mol. The Morgan fingerprint density at radius 3 is 1.82 bits per heavy atom. The maximum Gasteiger partial charge on any atom is 1.00 e. The van der Waals surface area contributed by atoms with E-state index < -0.39 is 18.0 Å². The van der Waals surface area contributed by atoms with Crippen LogP contribution in [0.25, 0.3) is 11.1 Å². The van der Waals surface area contributed by atoms with E-state index in [9.17, 15) is 13.0 Å². The maximum absolute atomic E-state index is 12.8. The average Bonchev–Trinajstić information content (AvgIpc) is 2.84. The van der Waals surface area contributed by atoms with Gasteiger partial charge in [0.2, 0.25) is 0 Å². The Balaban J connectivity index is 0.00000324. The Morgan fingerprint density at radius 2 is 1.38 bits per heavy atom. The molecule has 0 radical (unpaired) electrons. The largest absolute Gasteiger partial charge is 1.00 e. The summed E-state index contributed by atoms with van der Waals surface area (Å²) in [6.45, 7) is 0. The van der Waals surface area contributed by atoms with Gasteiger partial charge in [-0.15, -0.1) is 0 Å². The number of benzene rings is 2. The van der Waals surface area contributed by atoms with Crippen molar-refractivity contribution in [3.8, 4) is 22.6 Å². The molecule has 180 valence electrons. The van der Waals surface area contributed by atoms with Crippen LogP contribution >= 0.6 is 7.92 Å². The van der Waals surface area contributed by atoms with Crippen molar-refractivity contribution in [1.82, 2.24) is 0 Å². The van der Waals surface area contributed by atoms with E-state index in [1.807, 2.05) is 36.4 Å². The van der Waals surface area contributed by atoms with Crippen molar-refractivity contribution >= 4 is 23.3 Å². The molecule has 8 heteroatoms. The molecule has 0 amide bonds. The minimum Gasteiger partial charge on any atom is -0.744 e. The van der Waals surface area contributed by atoms with Gasteiger partial charge in [0.15, 0.2) is 0 Å². The number of hydrogen-bond acceptors (Lipinski definition) is 5. The van der Waals surface area contributed by atoms with Crippen LogP contribution in [0.15, 0.2) is 41.3 Å². The Morgan fingerprint density at radius 1 is 0.853 bits per heavy atom. The summed E-state index contributed by atoms with van der Waals surface area (Å²) in [4.78, 5) is -0.160. The van der Waals surface area contributed by atoms with E-state index in [2.05, 4.69) is 0 Å². The van der Waals surface area contributed by atoms with Crippen molar-refractivity contribution in [3.63, 3.8) is 0 Å². The second-order valence-corrected chi connectivity index (χ2v) is 13.2. The molecule has 0 unspecified atom stereocenters. The van der Waals surface area contributed by atoms with Crippen molar-refractivity contribution < 1.29 is 52.0 Å². The molecule has 2 saturated carbocycles. The van der Waals surface area contributed by atoms with Crippen LogP contribution in [0.1, 0.15) is 64.2 Å². The fourth-order valence-corrected chi connectivity index (χ4v) is 10.9. The van der Waals surface area contributed by atoms with Crippen LogP contribution in [0, 0.1) is 0 Å². The van der Waals surface area contributed by atoms with E-state index in [4.69, 9.17) is 9.47 Å². The van der Waals surface area contributed by atoms with Gasteiger partial charge < -0.3 is 14.0 Å². The summed E-state index contributed by atoms with van der Waals surface area (Å²) in [5.41, 5.74) is 2.17. The van der Waals surface area contributed by atoms with Gasteiger partial charge in [-0.1, -0.05) is 76.8 Å². The third kappa shape index (κ3) is 6.02. The molecule has 0 atom stereocenters. The molecule has 2 aliphatic carbocycles. The Labute approximate surface area is 227 Å². The van der Waals surface area contributed by atoms with Gasteiger partial charge in [-0.25, -0.2) is 8.42 Å². The van der Waals surface area contributed by atoms with Gasteiger partial charge >= 0.3 is 29.6 Å². The molecular formula is C26H34NaO5PS. The molecule has 5 nitrogen and oxygen atoms in total. The zero-order chi connectivity index (χ0) is 23.4. The van der Waals surface area contributed by atoms with Gasteiger partial charge in [0, 0.05) is 5.30 Å². The minimum atomic E-state index is -4.77. The number of ether oxygens (including phenoxy) is 2. The predicted molar refractivity (Wildman–Crippen MR) is 133 cm³/mol. The van der Waals surface area contributed by atoms with Gasteiger partial charge in [-0.2, -0.15) is 0 Å². The summed E-state index contributed by atoms with van der Waals surface area (Å²) < 4.78 is 50.0. The first-order valence-electron chi connectivity index (χ1n) is 12.0. The molecule has 0 N–H and O–H groups in total. The molecule has 0 bridgehead atoms. The normalized spacial score (nSPS) is 17.9. The maximum atomic E-state index is 12.8. The Bertz CT molecular complexity index is 1030. The summed E-state index contributed by atoms with van der Waals surface area (Å²) in [5.74, 6) is 0.698. The van der Waals surface area contributed by atoms with E-state index in [0.717, 1.165) is 31.2 Å². The third-order valence-corrected chi connectivity index (χ3v) is 11.7. The van der Waals surface area contributed by atoms with Crippen LogP contribution in [0.4, 0.5) is 0 Å². The SMILES string of the molecule is COc1cc(P(C2CCCCC2)C2CCCCC2)c(S(=O)(=O)[O-])c(OC)c1-c1ccccc1.[Na+]. The topological polar surface area (TPSA) is 75.7 Å². The number of hydrogen-bond donors (Lipinski definition) is 0. The molecule has 0 aliphatic heterocycles. The first-order valence-corrected chi connectivity index (χ1v) is 14.9. The zero-order valence-electron chi connectivity index (χ0n) is 20.6. The van der Waals surface area contributed by atoms with Crippen molar-refractivity contribution in [2.75, 3.05) is 14.2 Å². The first-order chi connectivity index (χ1) is 16.0. The first kappa shape index (κ1) is 28.0. The van der Waals surface area contributed by atoms with Gasteiger partial charge in [0.25, 0.3) is 0 Å². The predicted octanol–water partition coefficient (Wildman–Crippen LogP) is 3.05. The summed E-state index contributed by atoms with van der Waals surface area (Å²) in [6, 6.07) is 11.3.